The van der Waals surface area contributed by atoms with Crippen molar-refractivity contribution in [2.24, 2.45) is 0 Å². The standard InChI is InChI=1S/C15H23N3O2/c1-12-2-4-13(5-3-12)18-15(19)17-10-11-20-14-6-8-16-9-7-14/h2-5,14,16H,6-11H2,1H3,(H2,17,18,19). The van der Waals surface area contributed by atoms with Gasteiger partial charge in [-0.3, -0.25) is 0 Å². The third kappa shape index (κ3) is 5.19. The molecule has 1 heterocycles. The normalized spacial score (nSPS) is 15.8. The lowest BCUT2D eigenvalue weighted by Gasteiger charge is -2.22. The topological polar surface area (TPSA) is 62.4 Å². The Labute approximate surface area is 120 Å². The van der Waals surface area contributed by atoms with E-state index in [1.54, 1.807) is 0 Å². The molecule has 0 bridgehead atoms. The van der Waals surface area contributed by atoms with Gasteiger partial charge in [0, 0.05) is 12.2 Å². The van der Waals surface area contributed by atoms with Crippen LogP contribution in [-0.2, 0) is 4.74 Å². The first kappa shape index (κ1) is 14.8. The zero-order chi connectivity index (χ0) is 14.2. The molecule has 0 radical (unpaired) electrons. The highest BCUT2D eigenvalue weighted by atomic mass is 16.5. The monoisotopic (exact) mass is 277 g/mol. The van der Waals surface area contributed by atoms with E-state index < -0.39 is 0 Å². The van der Waals surface area contributed by atoms with Crippen molar-refractivity contribution >= 4 is 11.7 Å². The van der Waals surface area contributed by atoms with Crippen molar-refractivity contribution in [3.63, 3.8) is 0 Å². The van der Waals surface area contributed by atoms with Gasteiger partial charge in [0.25, 0.3) is 0 Å². The third-order valence-electron chi connectivity index (χ3n) is 3.34. The first-order valence-electron chi connectivity index (χ1n) is 7.18. The number of nitrogens with one attached hydrogen (secondary N) is 3. The summed E-state index contributed by atoms with van der Waals surface area (Å²) in [4.78, 5) is 11.7. The highest BCUT2D eigenvalue weighted by Gasteiger charge is 2.12. The number of amides is 2. The van der Waals surface area contributed by atoms with Crippen LogP contribution >= 0.6 is 0 Å². The molecular weight excluding hydrogens is 254 g/mol. The number of carbonyl (C=O) groups excluding carboxylic acids is 1. The van der Waals surface area contributed by atoms with E-state index >= 15 is 0 Å². The Morgan fingerprint density at radius 1 is 1.30 bits per heavy atom. The van der Waals surface area contributed by atoms with Gasteiger partial charge in [0.1, 0.15) is 0 Å². The van der Waals surface area contributed by atoms with Crippen LogP contribution in [-0.4, -0.2) is 38.4 Å². The Morgan fingerprint density at radius 2 is 2.00 bits per heavy atom. The summed E-state index contributed by atoms with van der Waals surface area (Å²) in [5.41, 5.74) is 1.97. The molecule has 0 spiro atoms. The lowest BCUT2D eigenvalue weighted by molar-refractivity contribution is 0.0358. The van der Waals surface area contributed by atoms with Crippen LogP contribution in [0.25, 0.3) is 0 Å². The molecule has 0 unspecified atom stereocenters. The Bertz CT molecular complexity index is 414. The van der Waals surface area contributed by atoms with Gasteiger partial charge in [0.15, 0.2) is 0 Å². The van der Waals surface area contributed by atoms with E-state index in [4.69, 9.17) is 4.74 Å². The molecule has 1 aliphatic rings. The fraction of sp³-hybridized carbons (Fsp3) is 0.533. The van der Waals surface area contributed by atoms with Crippen molar-refractivity contribution < 1.29 is 9.53 Å². The first-order valence-corrected chi connectivity index (χ1v) is 7.18. The number of hydrogen-bond donors (Lipinski definition) is 3. The maximum atomic E-state index is 11.7. The fourth-order valence-electron chi connectivity index (χ4n) is 2.16. The quantitative estimate of drug-likeness (QED) is 0.720. The molecule has 3 N–H and O–H groups in total. The SMILES string of the molecule is Cc1ccc(NC(=O)NCCOC2CCNCC2)cc1. The second kappa shape index (κ2) is 7.87. The molecule has 1 fully saturated rings. The summed E-state index contributed by atoms with van der Waals surface area (Å²) in [7, 11) is 0. The third-order valence-corrected chi connectivity index (χ3v) is 3.34. The van der Waals surface area contributed by atoms with E-state index in [2.05, 4.69) is 16.0 Å². The smallest absolute Gasteiger partial charge is 0.319 e. The van der Waals surface area contributed by atoms with Crippen LogP contribution in [0.15, 0.2) is 24.3 Å². The van der Waals surface area contributed by atoms with E-state index in [1.165, 1.54) is 5.56 Å². The van der Waals surface area contributed by atoms with E-state index in [9.17, 15) is 4.79 Å². The van der Waals surface area contributed by atoms with Gasteiger partial charge in [-0.05, 0) is 45.0 Å². The molecular formula is C15H23N3O2. The summed E-state index contributed by atoms with van der Waals surface area (Å²) in [5.74, 6) is 0. The molecule has 1 aliphatic heterocycles. The fourth-order valence-corrected chi connectivity index (χ4v) is 2.16. The van der Waals surface area contributed by atoms with E-state index in [1.807, 2.05) is 31.2 Å². The van der Waals surface area contributed by atoms with E-state index in [-0.39, 0.29) is 6.03 Å². The van der Waals surface area contributed by atoms with Gasteiger partial charge in [0.05, 0.1) is 12.7 Å². The van der Waals surface area contributed by atoms with Crippen LogP contribution < -0.4 is 16.0 Å². The van der Waals surface area contributed by atoms with Crippen LogP contribution in [0.3, 0.4) is 0 Å². The van der Waals surface area contributed by atoms with Crippen molar-refractivity contribution in [3.8, 4) is 0 Å². The van der Waals surface area contributed by atoms with Crippen molar-refractivity contribution in [1.29, 1.82) is 0 Å². The maximum absolute atomic E-state index is 11.7. The Hall–Kier alpha value is -1.59. The predicted molar refractivity (Wildman–Crippen MR) is 80.0 cm³/mol. The Kier molecular flexibility index (Phi) is 5.83. The number of urea groups is 1. The predicted octanol–water partition coefficient (Wildman–Crippen LogP) is 1.89. The van der Waals surface area contributed by atoms with Crippen LogP contribution in [0.1, 0.15) is 18.4 Å². The molecule has 2 amide bonds. The number of piperidine rings is 1. The van der Waals surface area contributed by atoms with E-state index in [0.717, 1.165) is 31.6 Å². The molecule has 1 aromatic rings. The second-order valence-corrected chi connectivity index (χ2v) is 5.07. The average molecular weight is 277 g/mol. The highest BCUT2D eigenvalue weighted by molar-refractivity contribution is 5.89. The molecule has 0 atom stereocenters. The van der Waals surface area contributed by atoms with Crippen molar-refractivity contribution in [3.05, 3.63) is 29.8 Å². The molecule has 0 aromatic heterocycles. The molecule has 110 valence electrons. The zero-order valence-electron chi connectivity index (χ0n) is 11.9. The molecule has 1 aromatic carbocycles. The molecule has 1 saturated heterocycles. The van der Waals surface area contributed by atoms with Crippen LogP contribution in [0.2, 0.25) is 0 Å². The lowest BCUT2D eigenvalue weighted by atomic mass is 10.1. The number of aryl methyl sites for hydroxylation is 1. The largest absolute Gasteiger partial charge is 0.376 e. The summed E-state index contributed by atoms with van der Waals surface area (Å²) >= 11 is 0. The van der Waals surface area contributed by atoms with Gasteiger partial charge >= 0.3 is 6.03 Å². The second-order valence-electron chi connectivity index (χ2n) is 5.07. The molecule has 0 aliphatic carbocycles. The Balaban J connectivity index is 1.59. The van der Waals surface area contributed by atoms with Crippen LogP contribution in [0, 0.1) is 6.92 Å². The van der Waals surface area contributed by atoms with E-state index in [0.29, 0.717) is 19.3 Å². The van der Waals surface area contributed by atoms with Gasteiger partial charge in [-0.1, -0.05) is 17.7 Å². The molecule has 20 heavy (non-hydrogen) atoms. The molecule has 0 saturated carbocycles. The summed E-state index contributed by atoms with van der Waals surface area (Å²) in [5, 5.41) is 8.88. The van der Waals surface area contributed by atoms with Gasteiger partial charge in [-0.15, -0.1) is 0 Å². The van der Waals surface area contributed by atoms with Crippen molar-refractivity contribution in [2.75, 3.05) is 31.6 Å². The average Bonchev–Trinajstić information content (AvgIpc) is 2.47. The van der Waals surface area contributed by atoms with Gasteiger partial charge < -0.3 is 20.7 Å². The minimum atomic E-state index is -0.192. The number of hydrogen-bond acceptors (Lipinski definition) is 3. The number of anilines is 1. The van der Waals surface area contributed by atoms with Crippen molar-refractivity contribution in [1.82, 2.24) is 10.6 Å². The summed E-state index contributed by atoms with van der Waals surface area (Å²) in [6.07, 6.45) is 2.43. The maximum Gasteiger partial charge on any atom is 0.319 e. The zero-order valence-corrected chi connectivity index (χ0v) is 11.9. The lowest BCUT2D eigenvalue weighted by Crippen LogP contribution is -2.35. The number of ether oxygens (including phenoxy) is 1. The van der Waals surface area contributed by atoms with Gasteiger partial charge in [0.2, 0.25) is 0 Å². The number of benzene rings is 1. The van der Waals surface area contributed by atoms with Crippen LogP contribution in [0.5, 0.6) is 0 Å². The van der Waals surface area contributed by atoms with Gasteiger partial charge in [-0.25, -0.2) is 4.79 Å². The minimum Gasteiger partial charge on any atom is -0.376 e. The molecule has 2 rings (SSSR count). The highest BCUT2D eigenvalue weighted by Crippen LogP contribution is 2.08. The molecule has 5 nitrogen and oxygen atoms in total. The number of rotatable bonds is 5. The molecule has 5 heteroatoms. The summed E-state index contributed by atoms with van der Waals surface area (Å²) < 4.78 is 5.72. The van der Waals surface area contributed by atoms with Crippen LogP contribution in [0.4, 0.5) is 10.5 Å². The first-order chi connectivity index (χ1) is 9.74. The summed E-state index contributed by atoms with van der Waals surface area (Å²) in [6, 6.07) is 7.52. The Morgan fingerprint density at radius 3 is 2.70 bits per heavy atom. The summed E-state index contributed by atoms with van der Waals surface area (Å²) in [6.45, 7) is 5.15. The minimum absolute atomic E-state index is 0.192. The van der Waals surface area contributed by atoms with Gasteiger partial charge in [-0.2, -0.15) is 0 Å². The van der Waals surface area contributed by atoms with Crippen molar-refractivity contribution in [2.45, 2.75) is 25.9 Å². The number of carbonyl (C=O) groups is 1.